The third-order valence-corrected chi connectivity index (χ3v) is 3.75. The van der Waals surface area contributed by atoms with Gasteiger partial charge in [-0.2, -0.15) is 0 Å². The number of hydrogen-bond donors (Lipinski definition) is 2. The van der Waals surface area contributed by atoms with E-state index in [-0.39, 0.29) is 6.04 Å². The molecule has 0 bridgehead atoms. The molecule has 0 aliphatic rings. The predicted octanol–water partition coefficient (Wildman–Crippen LogP) is 2.85. The van der Waals surface area contributed by atoms with E-state index in [9.17, 15) is 0 Å². The van der Waals surface area contributed by atoms with Crippen LogP contribution in [0.1, 0.15) is 37.3 Å². The van der Waals surface area contributed by atoms with E-state index in [1.165, 1.54) is 10.4 Å². The Bertz CT molecular complexity index is 281. The van der Waals surface area contributed by atoms with Gasteiger partial charge < -0.3 is 0 Å². The Morgan fingerprint density at radius 2 is 2.00 bits per heavy atom. The summed E-state index contributed by atoms with van der Waals surface area (Å²) in [7, 11) is 0. The minimum absolute atomic E-state index is 0.278. The second-order valence-corrected chi connectivity index (χ2v) is 5.35. The van der Waals surface area contributed by atoms with E-state index in [0.29, 0.717) is 11.8 Å². The van der Waals surface area contributed by atoms with Crippen LogP contribution in [0.5, 0.6) is 0 Å². The molecule has 80 valence electrons. The molecule has 0 saturated heterocycles. The molecule has 0 aromatic carbocycles. The monoisotopic (exact) mass is 212 g/mol. The van der Waals surface area contributed by atoms with Gasteiger partial charge in [0.25, 0.3) is 0 Å². The Hall–Kier alpha value is -0.380. The first-order valence-electron chi connectivity index (χ1n) is 5.07. The summed E-state index contributed by atoms with van der Waals surface area (Å²) in [6, 6.07) is 2.49. The molecule has 0 fully saturated rings. The molecular formula is C11H20N2S. The fourth-order valence-corrected chi connectivity index (χ4v) is 2.30. The van der Waals surface area contributed by atoms with Gasteiger partial charge in [0.2, 0.25) is 0 Å². The van der Waals surface area contributed by atoms with Crippen molar-refractivity contribution in [1.82, 2.24) is 5.43 Å². The van der Waals surface area contributed by atoms with E-state index in [4.69, 9.17) is 5.84 Å². The predicted molar refractivity (Wildman–Crippen MR) is 63.1 cm³/mol. The SMILES string of the molecule is Cc1cc(C(NN)C(C)C(C)C)cs1. The highest BCUT2D eigenvalue weighted by atomic mass is 32.1. The largest absolute Gasteiger partial charge is 0.271 e. The van der Waals surface area contributed by atoms with Crippen LogP contribution in [0.2, 0.25) is 0 Å². The van der Waals surface area contributed by atoms with E-state index < -0.39 is 0 Å². The number of thiophene rings is 1. The molecule has 0 spiro atoms. The first-order chi connectivity index (χ1) is 6.56. The number of hydrogen-bond acceptors (Lipinski definition) is 3. The fraction of sp³-hybridized carbons (Fsp3) is 0.636. The minimum Gasteiger partial charge on any atom is -0.271 e. The minimum atomic E-state index is 0.278. The smallest absolute Gasteiger partial charge is 0.0496 e. The van der Waals surface area contributed by atoms with Gasteiger partial charge in [0.05, 0.1) is 0 Å². The first-order valence-corrected chi connectivity index (χ1v) is 5.95. The molecule has 14 heavy (non-hydrogen) atoms. The van der Waals surface area contributed by atoms with Crippen LogP contribution >= 0.6 is 11.3 Å². The van der Waals surface area contributed by atoms with Crippen molar-refractivity contribution in [3.63, 3.8) is 0 Å². The Labute approximate surface area is 90.5 Å². The van der Waals surface area contributed by atoms with Crippen LogP contribution in [-0.4, -0.2) is 0 Å². The van der Waals surface area contributed by atoms with Crippen molar-refractivity contribution in [1.29, 1.82) is 0 Å². The quantitative estimate of drug-likeness (QED) is 0.595. The standard InChI is InChI=1S/C11H20N2S/c1-7(2)9(4)11(13-12)10-5-8(3)14-6-10/h5-7,9,11,13H,12H2,1-4H3. The van der Waals surface area contributed by atoms with Gasteiger partial charge in [-0.3, -0.25) is 11.3 Å². The molecule has 1 rings (SSSR count). The number of rotatable bonds is 4. The van der Waals surface area contributed by atoms with Gasteiger partial charge in [0.15, 0.2) is 0 Å². The van der Waals surface area contributed by atoms with Crippen molar-refractivity contribution in [3.8, 4) is 0 Å². The maximum absolute atomic E-state index is 5.61. The Balaban J connectivity index is 2.81. The number of nitrogens with one attached hydrogen (secondary N) is 1. The third-order valence-electron chi connectivity index (χ3n) is 2.87. The van der Waals surface area contributed by atoms with E-state index in [0.717, 1.165) is 0 Å². The first kappa shape index (κ1) is 11.7. The van der Waals surface area contributed by atoms with Crippen molar-refractivity contribution >= 4 is 11.3 Å². The normalized spacial score (nSPS) is 15.9. The van der Waals surface area contributed by atoms with Crippen LogP contribution in [-0.2, 0) is 0 Å². The van der Waals surface area contributed by atoms with Gasteiger partial charge in [-0.15, -0.1) is 11.3 Å². The molecule has 0 aliphatic heterocycles. The summed E-state index contributed by atoms with van der Waals surface area (Å²) in [6.07, 6.45) is 0. The Morgan fingerprint density at radius 3 is 2.36 bits per heavy atom. The zero-order valence-electron chi connectivity index (χ0n) is 9.37. The highest BCUT2D eigenvalue weighted by Gasteiger charge is 2.21. The Kier molecular flexibility index (Phi) is 4.11. The van der Waals surface area contributed by atoms with Gasteiger partial charge in [-0.05, 0) is 35.8 Å². The average molecular weight is 212 g/mol. The van der Waals surface area contributed by atoms with E-state index in [1.54, 1.807) is 11.3 Å². The van der Waals surface area contributed by atoms with Gasteiger partial charge in [0, 0.05) is 10.9 Å². The maximum atomic E-state index is 5.61. The summed E-state index contributed by atoms with van der Waals surface area (Å²) in [5.41, 5.74) is 4.24. The fourth-order valence-electron chi connectivity index (χ4n) is 1.56. The highest BCUT2D eigenvalue weighted by Crippen LogP contribution is 2.29. The van der Waals surface area contributed by atoms with Crippen LogP contribution in [0.25, 0.3) is 0 Å². The summed E-state index contributed by atoms with van der Waals surface area (Å²) < 4.78 is 0. The van der Waals surface area contributed by atoms with Crippen LogP contribution in [0.3, 0.4) is 0 Å². The topological polar surface area (TPSA) is 38.0 Å². The molecule has 3 N–H and O–H groups in total. The van der Waals surface area contributed by atoms with Gasteiger partial charge >= 0.3 is 0 Å². The molecule has 1 aromatic rings. The van der Waals surface area contributed by atoms with Crippen molar-refractivity contribution < 1.29 is 0 Å². The van der Waals surface area contributed by atoms with E-state index in [1.807, 2.05) is 0 Å². The van der Waals surface area contributed by atoms with Crippen molar-refractivity contribution in [3.05, 3.63) is 21.9 Å². The van der Waals surface area contributed by atoms with Crippen LogP contribution in [0.15, 0.2) is 11.4 Å². The summed E-state index contributed by atoms with van der Waals surface area (Å²) in [4.78, 5) is 1.34. The summed E-state index contributed by atoms with van der Waals surface area (Å²) >= 11 is 1.78. The summed E-state index contributed by atoms with van der Waals surface area (Å²) in [6.45, 7) is 8.83. The number of hydrazine groups is 1. The molecule has 0 aliphatic carbocycles. The molecule has 1 heterocycles. The molecule has 2 atom stereocenters. The number of nitrogens with two attached hydrogens (primary N) is 1. The molecular weight excluding hydrogens is 192 g/mol. The lowest BCUT2D eigenvalue weighted by atomic mass is 9.87. The molecule has 0 radical (unpaired) electrons. The van der Waals surface area contributed by atoms with Gasteiger partial charge in [0.1, 0.15) is 0 Å². The van der Waals surface area contributed by atoms with Crippen LogP contribution in [0, 0.1) is 18.8 Å². The lowest BCUT2D eigenvalue weighted by Gasteiger charge is -2.25. The lowest BCUT2D eigenvalue weighted by molar-refractivity contribution is 0.307. The third kappa shape index (κ3) is 2.56. The van der Waals surface area contributed by atoms with Gasteiger partial charge in [-0.1, -0.05) is 20.8 Å². The van der Waals surface area contributed by atoms with Crippen LogP contribution in [0.4, 0.5) is 0 Å². The molecule has 2 unspecified atom stereocenters. The van der Waals surface area contributed by atoms with E-state index in [2.05, 4.69) is 44.6 Å². The summed E-state index contributed by atoms with van der Waals surface area (Å²) in [5, 5.41) is 2.19. The maximum Gasteiger partial charge on any atom is 0.0496 e. The van der Waals surface area contributed by atoms with E-state index >= 15 is 0 Å². The zero-order valence-corrected chi connectivity index (χ0v) is 10.2. The van der Waals surface area contributed by atoms with Crippen molar-refractivity contribution in [2.75, 3.05) is 0 Å². The second kappa shape index (κ2) is 4.91. The lowest BCUT2D eigenvalue weighted by Crippen LogP contribution is -2.34. The summed E-state index contributed by atoms with van der Waals surface area (Å²) in [5.74, 6) is 6.79. The zero-order chi connectivity index (χ0) is 10.7. The van der Waals surface area contributed by atoms with Crippen LogP contribution < -0.4 is 11.3 Å². The molecule has 3 heteroatoms. The number of aryl methyl sites for hydroxylation is 1. The molecule has 0 saturated carbocycles. The molecule has 2 nitrogen and oxygen atoms in total. The Morgan fingerprint density at radius 1 is 1.36 bits per heavy atom. The van der Waals surface area contributed by atoms with Crippen molar-refractivity contribution in [2.45, 2.75) is 33.7 Å². The average Bonchev–Trinajstić information content (AvgIpc) is 2.53. The highest BCUT2D eigenvalue weighted by molar-refractivity contribution is 7.10. The van der Waals surface area contributed by atoms with Gasteiger partial charge in [-0.25, -0.2) is 0 Å². The van der Waals surface area contributed by atoms with Crippen molar-refractivity contribution in [2.24, 2.45) is 17.7 Å². The second-order valence-electron chi connectivity index (χ2n) is 4.24. The molecule has 1 aromatic heterocycles. The molecule has 0 amide bonds.